The number of halogens is 3. The van der Waals surface area contributed by atoms with Crippen LogP contribution in [0.5, 0.6) is 5.75 Å². The first-order valence-corrected chi connectivity index (χ1v) is 7.80. The molecule has 2 rings (SSSR count). The van der Waals surface area contributed by atoms with E-state index >= 15 is 0 Å². The number of ether oxygens (including phenoxy) is 1. The summed E-state index contributed by atoms with van der Waals surface area (Å²) in [4.78, 5) is 23.8. The molecule has 0 aliphatic heterocycles. The Labute approximate surface area is 152 Å². The van der Waals surface area contributed by atoms with Crippen molar-refractivity contribution < 1.29 is 37.0 Å². The number of furan rings is 1. The molecule has 0 aliphatic rings. The van der Waals surface area contributed by atoms with E-state index in [9.17, 15) is 27.9 Å². The summed E-state index contributed by atoms with van der Waals surface area (Å²) in [6, 6.07) is 5.19. The standard InChI is InChI=1S/C17H17F3N2O5/c1-10(22-16(25)12-6-7-26-9-12)15(24)21-8-14(23)11-2-4-13(5-3-11)27-17(18,19)20/h2-7,9-10,14,23H,8H2,1H3,(H,21,24)(H,22,25). The summed E-state index contributed by atoms with van der Waals surface area (Å²) in [5, 5.41) is 14.9. The first-order chi connectivity index (χ1) is 12.7. The third-order valence-corrected chi connectivity index (χ3v) is 3.49. The molecule has 3 N–H and O–H groups in total. The van der Waals surface area contributed by atoms with Gasteiger partial charge in [0.1, 0.15) is 18.1 Å². The molecule has 2 amide bonds. The second-order valence-corrected chi connectivity index (χ2v) is 5.58. The molecule has 0 bridgehead atoms. The maximum absolute atomic E-state index is 12.1. The minimum Gasteiger partial charge on any atom is -0.472 e. The second kappa shape index (κ2) is 8.58. The smallest absolute Gasteiger partial charge is 0.472 e. The number of carbonyl (C=O) groups is 2. The molecule has 1 heterocycles. The number of rotatable bonds is 7. The predicted molar refractivity (Wildman–Crippen MR) is 86.7 cm³/mol. The van der Waals surface area contributed by atoms with Crippen molar-refractivity contribution in [3.63, 3.8) is 0 Å². The Balaban J connectivity index is 1.82. The van der Waals surface area contributed by atoms with Crippen molar-refractivity contribution in [2.24, 2.45) is 0 Å². The van der Waals surface area contributed by atoms with E-state index in [0.717, 1.165) is 12.1 Å². The number of hydrogen-bond donors (Lipinski definition) is 3. The molecule has 1 aromatic carbocycles. The van der Waals surface area contributed by atoms with Gasteiger partial charge in [0.2, 0.25) is 5.91 Å². The highest BCUT2D eigenvalue weighted by molar-refractivity contribution is 5.97. The average Bonchev–Trinajstić information content (AvgIpc) is 3.13. The highest BCUT2D eigenvalue weighted by atomic mass is 19.4. The highest BCUT2D eigenvalue weighted by Gasteiger charge is 2.31. The van der Waals surface area contributed by atoms with Crippen LogP contribution in [-0.2, 0) is 4.79 Å². The van der Waals surface area contributed by atoms with Crippen molar-refractivity contribution in [2.45, 2.75) is 25.4 Å². The summed E-state index contributed by atoms with van der Waals surface area (Å²) in [6.45, 7) is 1.27. The number of aliphatic hydroxyl groups is 1. The Kier molecular flexibility index (Phi) is 6.45. The summed E-state index contributed by atoms with van der Waals surface area (Å²) in [7, 11) is 0. The zero-order valence-corrected chi connectivity index (χ0v) is 14.1. The number of carbonyl (C=O) groups excluding carboxylic acids is 2. The van der Waals surface area contributed by atoms with Crippen LogP contribution in [0.3, 0.4) is 0 Å². The lowest BCUT2D eigenvalue weighted by molar-refractivity contribution is -0.274. The normalized spacial score (nSPS) is 13.5. The number of nitrogens with one attached hydrogen (secondary N) is 2. The molecular formula is C17H17F3N2O5. The number of benzene rings is 1. The van der Waals surface area contributed by atoms with E-state index in [0.29, 0.717) is 5.56 Å². The number of alkyl halides is 3. The van der Waals surface area contributed by atoms with E-state index < -0.39 is 36.1 Å². The number of aliphatic hydroxyl groups excluding tert-OH is 1. The monoisotopic (exact) mass is 386 g/mol. The Morgan fingerprint density at radius 3 is 2.44 bits per heavy atom. The molecule has 10 heteroatoms. The molecule has 27 heavy (non-hydrogen) atoms. The van der Waals surface area contributed by atoms with E-state index in [-0.39, 0.29) is 12.1 Å². The summed E-state index contributed by atoms with van der Waals surface area (Å²) >= 11 is 0. The average molecular weight is 386 g/mol. The Morgan fingerprint density at radius 2 is 1.89 bits per heavy atom. The molecule has 2 aromatic rings. The molecule has 0 saturated heterocycles. The van der Waals surface area contributed by atoms with Gasteiger partial charge in [-0.3, -0.25) is 9.59 Å². The van der Waals surface area contributed by atoms with Gasteiger partial charge < -0.3 is 24.9 Å². The lowest BCUT2D eigenvalue weighted by Gasteiger charge is -2.17. The molecule has 0 radical (unpaired) electrons. The summed E-state index contributed by atoms with van der Waals surface area (Å²) in [5.41, 5.74) is 0.552. The summed E-state index contributed by atoms with van der Waals surface area (Å²) in [5.74, 6) is -1.45. The molecule has 0 spiro atoms. The highest BCUT2D eigenvalue weighted by Crippen LogP contribution is 2.24. The fourth-order valence-electron chi connectivity index (χ4n) is 2.10. The van der Waals surface area contributed by atoms with Gasteiger partial charge in [0.15, 0.2) is 0 Å². The van der Waals surface area contributed by atoms with Crippen molar-refractivity contribution >= 4 is 11.8 Å². The predicted octanol–water partition coefficient (Wildman–Crippen LogP) is 2.15. The molecule has 146 valence electrons. The van der Waals surface area contributed by atoms with Crippen LogP contribution in [0.25, 0.3) is 0 Å². The van der Waals surface area contributed by atoms with Crippen LogP contribution in [0.4, 0.5) is 13.2 Å². The van der Waals surface area contributed by atoms with Gasteiger partial charge in [-0.15, -0.1) is 13.2 Å². The van der Waals surface area contributed by atoms with Crippen LogP contribution in [0.15, 0.2) is 47.3 Å². The third-order valence-electron chi connectivity index (χ3n) is 3.49. The van der Waals surface area contributed by atoms with Gasteiger partial charge >= 0.3 is 6.36 Å². The maximum Gasteiger partial charge on any atom is 0.573 e. The maximum atomic E-state index is 12.1. The number of amides is 2. The first kappa shape index (κ1) is 20.3. The van der Waals surface area contributed by atoms with Crippen LogP contribution in [-0.4, -0.2) is 35.9 Å². The molecule has 1 aromatic heterocycles. The number of hydrogen-bond acceptors (Lipinski definition) is 5. The van der Waals surface area contributed by atoms with Gasteiger partial charge in [0.25, 0.3) is 5.91 Å². The Bertz CT molecular complexity index is 760. The van der Waals surface area contributed by atoms with Crippen molar-refractivity contribution in [2.75, 3.05) is 6.54 Å². The molecule has 0 fully saturated rings. The quantitative estimate of drug-likeness (QED) is 0.677. The van der Waals surface area contributed by atoms with Crippen LogP contribution in [0, 0.1) is 0 Å². The van der Waals surface area contributed by atoms with Gasteiger partial charge in [-0.25, -0.2) is 0 Å². The van der Waals surface area contributed by atoms with Crippen LogP contribution < -0.4 is 15.4 Å². The summed E-state index contributed by atoms with van der Waals surface area (Å²) < 4.78 is 44.8. The van der Waals surface area contributed by atoms with E-state index in [4.69, 9.17) is 4.42 Å². The van der Waals surface area contributed by atoms with Crippen molar-refractivity contribution in [3.8, 4) is 5.75 Å². The summed E-state index contributed by atoms with van der Waals surface area (Å²) in [6.07, 6.45) is -3.40. The fourth-order valence-corrected chi connectivity index (χ4v) is 2.10. The van der Waals surface area contributed by atoms with Crippen LogP contribution in [0.2, 0.25) is 0 Å². The molecule has 0 aliphatic carbocycles. The van der Waals surface area contributed by atoms with E-state index in [1.807, 2.05) is 0 Å². The van der Waals surface area contributed by atoms with E-state index in [1.165, 1.54) is 37.6 Å². The minimum atomic E-state index is -4.80. The topological polar surface area (TPSA) is 101 Å². The molecule has 7 nitrogen and oxygen atoms in total. The van der Waals surface area contributed by atoms with Gasteiger partial charge in [-0.05, 0) is 30.7 Å². The zero-order chi connectivity index (χ0) is 20.0. The van der Waals surface area contributed by atoms with Crippen molar-refractivity contribution in [1.29, 1.82) is 0 Å². The van der Waals surface area contributed by atoms with Crippen LogP contribution in [0.1, 0.15) is 28.9 Å². The van der Waals surface area contributed by atoms with Crippen molar-refractivity contribution in [1.82, 2.24) is 10.6 Å². The molecular weight excluding hydrogens is 369 g/mol. The Hall–Kier alpha value is -3.01. The lowest BCUT2D eigenvalue weighted by Crippen LogP contribution is -2.45. The van der Waals surface area contributed by atoms with Crippen LogP contribution >= 0.6 is 0 Å². The minimum absolute atomic E-state index is 0.190. The second-order valence-electron chi connectivity index (χ2n) is 5.58. The van der Waals surface area contributed by atoms with Gasteiger partial charge in [-0.2, -0.15) is 0 Å². The van der Waals surface area contributed by atoms with Gasteiger partial charge in [0, 0.05) is 6.54 Å². The third kappa shape index (κ3) is 6.33. The SMILES string of the molecule is CC(NC(=O)c1ccoc1)C(=O)NCC(O)c1ccc(OC(F)(F)F)cc1. The lowest BCUT2D eigenvalue weighted by atomic mass is 10.1. The zero-order valence-electron chi connectivity index (χ0n) is 14.1. The Morgan fingerprint density at radius 1 is 1.22 bits per heavy atom. The largest absolute Gasteiger partial charge is 0.573 e. The fraction of sp³-hybridized carbons (Fsp3) is 0.294. The van der Waals surface area contributed by atoms with E-state index in [1.54, 1.807) is 0 Å². The van der Waals surface area contributed by atoms with E-state index in [2.05, 4.69) is 15.4 Å². The molecule has 0 saturated carbocycles. The molecule has 2 atom stereocenters. The van der Waals surface area contributed by atoms with Crippen molar-refractivity contribution in [3.05, 3.63) is 54.0 Å². The van der Waals surface area contributed by atoms with Gasteiger partial charge in [-0.1, -0.05) is 12.1 Å². The first-order valence-electron chi connectivity index (χ1n) is 7.80. The van der Waals surface area contributed by atoms with Gasteiger partial charge in [0.05, 0.1) is 17.9 Å². The molecule has 2 unspecified atom stereocenters.